The zero-order valence-corrected chi connectivity index (χ0v) is 15.6. The van der Waals surface area contributed by atoms with Crippen molar-refractivity contribution in [2.75, 3.05) is 25.7 Å². The molecule has 126 valence electrons. The van der Waals surface area contributed by atoms with E-state index < -0.39 is 16.6 Å². The molecule has 0 saturated carbocycles. The van der Waals surface area contributed by atoms with Crippen LogP contribution in [0.5, 0.6) is 11.5 Å². The van der Waals surface area contributed by atoms with Crippen LogP contribution < -0.4 is 9.26 Å². The fraction of sp³-hybridized carbons (Fsp3) is 0.538. The standard InChI is InChI=1S/C13H21O6PS2/c1-5-9-21-20(14,18-6-2)19-12-8-7-11(22(4,15)16)10-13(12)17-3/h7-8,10H,5-6,9H2,1-4H3. The predicted octanol–water partition coefficient (Wildman–Crippen LogP) is 3.77. The van der Waals surface area contributed by atoms with Crippen LogP contribution in [0.1, 0.15) is 20.3 Å². The molecule has 0 aliphatic heterocycles. The van der Waals surface area contributed by atoms with E-state index in [0.717, 1.165) is 24.1 Å². The van der Waals surface area contributed by atoms with Crippen LogP contribution in [0.3, 0.4) is 0 Å². The molecule has 0 saturated heterocycles. The Bertz CT molecular complexity index is 644. The van der Waals surface area contributed by atoms with Gasteiger partial charge in [-0.3, -0.25) is 4.52 Å². The molecule has 0 fully saturated rings. The van der Waals surface area contributed by atoms with Gasteiger partial charge in [-0.15, -0.1) is 0 Å². The number of ether oxygens (including phenoxy) is 1. The summed E-state index contributed by atoms with van der Waals surface area (Å²) in [6.07, 6.45) is 1.93. The van der Waals surface area contributed by atoms with E-state index in [-0.39, 0.29) is 23.0 Å². The molecule has 0 aliphatic rings. The van der Waals surface area contributed by atoms with Gasteiger partial charge in [0.25, 0.3) is 0 Å². The molecular formula is C13H21O6PS2. The van der Waals surface area contributed by atoms with Crippen molar-refractivity contribution in [2.45, 2.75) is 25.2 Å². The zero-order valence-electron chi connectivity index (χ0n) is 13.1. The maximum atomic E-state index is 12.6. The minimum Gasteiger partial charge on any atom is -0.493 e. The molecule has 9 heteroatoms. The molecular weight excluding hydrogens is 347 g/mol. The molecule has 22 heavy (non-hydrogen) atoms. The van der Waals surface area contributed by atoms with Crippen molar-refractivity contribution < 1.29 is 26.8 Å². The third-order valence-electron chi connectivity index (χ3n) is 2.51. The average molecular weight is 368 g/mol. The Morgan fingerprint density at radius 1 is 1.23 bits per heavy atom. The monoisotopic (exact) mass is 368 g/mol. The largest absolute Gasteiger partial charge is 0.493 e. The van der Waals surface area contributed by atoms with Crippen molar-refractivity contribution in [3.05, 3.63) is 18.2 Å². The highest BCUT2D eigenvalue weighted by molar-refractivity contribution is 8.55. The molecule has 0 radical (unpaired) electrons. The third kappa shape index (κ3) is 5.50. The SMILES string of the molecule is CCCSP(=O)(OCC)Oc1ccc(S(C)(=O)=O)cc1OC. The van der Waals surface area contributed by atoms with Crippen molar-refractivity contribution in [1.29, 1.82) is 0 Å². The smallest absolute Gasteiger partial charge is 0.440 e. The maximum absolute atomic E-state index is 12.6. The number of methoxy groups -OCH3 is 1. The van der Waals surface area contributed by atoms with E-state index in [0.29, 0.717) is 5.75 Å². The second-order valence-electron chi connectivity index (χ2n) is 4.37. The van der Waals surface area contributed by atoms with Gasteiger partial charge in [-0.25, -0.2) is 13.0 Å². The van der Waals surface area contributed by atoms with Gasteiger partial charge in [0, 0.05) is 18.1 Å². The molecule has 1 aromatic carbocycles. The van der Waals surface area contributed by atoms with Gasteiger partial charge in [-0.05, 0) is 36.9 Å². The number of benzene rings is 1. The zero-order chi connectivity index (χ0) is 16.8. The lowest BCUT2D eigenvalue weighted by atomic mass is 10.3. The van der Waals surface area contributed by atoms with Gasteiger partial charge < -0.3 is 9.26 Å². The second kappa shape index (κ2) is 8.24. The van der Waals surface area contributed by atoms with Crippen molar-refractivity contribution in [3.8, 4) is 11.5 Å². The molecule has 0 heterocycles. The highest BCUT2D eigenvalue weighted by atomic mass is 32.7. The Morgan fingerprint density at radius 2 is 1.91 bits per heavy atom. The van der Waals surface area contributed by atoms with Crippen molar-refractivity contribution in [1.82, 2.24) is 0 Å². The van der Waals surface area contributed by atoms with Crippen LogP contribution in [0.15, 0.2) is 23.1 Å². The Morgan fingerprint density at radius 3 is 2.41 bits per heavy atom. The average Bonchev–Trinajstić information content (AvgIpc) is 2.44. The van der Waals surface area contributed by atoms with Gasteiger partial charge in [-0.2, -0.15) is 0 Å². The number of hydrogen-bond acceptors (Lipinski definition) is 7. The van der Waals surface area contributed by atoms with E-state index in [4.69, 9.17) is 13.8 Å². The minimum absolute atomic E-state index is 0.101. The van der Waals surface area contributed by atoms with Crippen molar-refractivity contribution in [2.24, 2.45) is 0 Å². The lowest BCUT2D eigenvalue weighted by Gasteiger charge is -2.19. The molecule has 1 aromatic rings. The van der Waals surface area contributed by atoms with E-state index in [9.17, 15) is 13.0 Å². The molecule has 0 amide bonds. The summed E-state index contributed by atoms with van der Waals surface area (Å²) in [5, 5.41) is 0. The Balaban J connectivity index is 3.12. The Kier molecular flexibility index (Phi) is 7.25. The number of hydrogen-bond donors (Lipinski definition) is 0. The van der Waals surface area contributed by atoms with E-state index in [1.165, 1.54) is 25.3 Å². The fourth-order valence-corrected chi connectivity index (χ4v) is 5.61. The highest BCUT2D eigenvalue weighted by Crippen LogP contribution is 2.61. The number of sulfone groups is 1. The van der Waals surface area contributed by atoms with Gasteiger partial charge in [0.1, 0.15) is 0 Å². The second-order valence-corrected chi connectivity index (χ2v) is 10.5. The molecule has 1 rings (SSSR count). The Hall–Kier alpha value is -0.690. The first-order chi connectivity index (χ1) is 10.3. The first-order valence-corrected chi connectivity index (χ1v) is 11.7. The molecule has 0 bridgehead atoms. The van der Waals surface area contributed by atoms with E-state index in [2.05, 4.69) is 0 Å². The molecule has 1 atom stereocenters. The lowest BCUT2D eigenvalue weighted by Crippen LogP contribution is -2.01. The summed E-state index contributed by atoms with van der Waals surface area (Å²) in [6.45, 7) is 0.573. The topological polar surface area (TPSA) is 78.9 Å². The molecule has 1 unspecified atom stereocenters. The maximum Gasteiger partial charge on any atom is 0.440 e. The van der Waals surface area contributed by atoms with Crippen LogP contribution in [0.25, 0.3) is 0 Å². The van der Waals surface area contributed by atoms with Gasteiger partial charge in [0.15, 0.2) is 21.3 Å². The van der Waals surface area contributed by atoms with Crippen LogP contribution in [0.4, 0.5) is 0 Å². The van der Waals surface area contributed by atoms with Crippen LogP contribution >= 0.6 is 18.2 Å². The van der Waals surface area contributed by atoms with Gasteiger partial charge in [-0.1, -0.05) is 6.92 Å². The molecule has 0 aliphatic carbocycles. The first kappa shape index (κ1) is 19.4. The van der Waals surface area contributed by atoms with E-state index in [1.54, 1.807) is 6.92 Å². The summed E-state index contributed by atoms with van der Waals surface area (Å²) in [5.74, 6) is 1.01. The van der Waals surface area contributed by atoms with Gasteiger partial charge in [0.05, 0.1) is 18.6 Å². The Labute approximate surface area is 135 Å². The summed E-state index contributed by atoms with van der Waals surface area (Å²) in [7, 11) is -1.97. The summed E-state index contributed by atoms with van der Waals surface area (Å²) in [6, 6.07) is 4.15. The lowest BCUT2D eigenvalue weighted by molar-refractivity contribution is 0.291. The van der Waals surface area contributed by atoms with Crippen molar-refractivity contribution in [3.63, 3.8) is 0 Å². The van der Waals surface area contributed by atoms with Gasteiger partial charge >= 0.3 is 6.80 Å². The summed E-state index contributed by atoms with van der Waals surface area (Å²) < 4.78 is 51.7. The summed E-state index contributed by atoms with van der Waals surface area (Å²) in [5.41, 5.74) is 0. The van der Waals surface area contributed by atoms with Crippen LogP contribution in [0, 0.1) is 0 Å². The number of rotatable bonds is 9. The molecule has 0 aromatic heterocycles. The minimum atomic E-state index is -3.37. The highest BCUT2D eigenvalue weighted by Gasteiger charge is 2.28. The summed E-state index contributed by atoms with van der Waals surface area (Å²) in [4.78, 5) is 0.101. The third-order valence-corrected chi connectivity index (χ3v) is 7.56. The van der Waals surface area contributed by atoms with Crippen molar-refractivity contribution >= 4 is 28.0 Å². The predicted molar refractivity (Wildman–Crippen MR) is 88.7 cm³/mol. The molecule has 0 N–H and O–H groups in total. The molecule has 6 nitrogen and oxygen atoms in total. The molecule has 0 spiro atoms. The quantitative estimate of drug-likeness (QED) is 0.614. The normalized spacial score (nSPS) is 14.4. The van der Waals surface area contributed by atoms with E-state index in [1.807, 2.05) is 6.92 Å². The van der Waals surface area contributed by atoms with Crippen LogP contribution in [0.2, 0.25) is 0 Å². The van der Waals surface area contributed by atoms with Crippen LogP contribution in [-0.2, 0) is 18.9 Å². The fourth-order valence-electron chi connectivity index (χ4n) is 1.53. The van der Waals surface area contributed by atoms with Gasteiger partial charge in [0.2, 0.25) is 0 Å². The van der Waals surface area contributed by atoms with E-state index >= 15 is 0 Å². The first-order valence-electron chi connectivity index (χ1n) is 6.72. The van der Waals surface area contributed by atoms with Crippen LogP contribution in [-0.4, -0.2) is 34.1 Å². The summed E-state index contributed by atoms with van der Waals surface area (Å²) >= 11 is 1.11.